The minimum Gasteiger partial charge on any atom is -0.493 e. The van der Waals surface area contributed by atoms with Crippen LogP contribution in [-0.2, 0) is 6.54 Å². The van der Waals surface area contributed by atoms with E-state index in [-0.39, 0.29) is 5.92 Å². The Morgan fingerprint density at radius 2 is 2.06 bits per heavy atom. The largest absolute Gasteiger partial charge is 0.493 e. The van der Waals surface area contributed by atoms with E-state index < -0.39 is 11.6 Å². The van der Waals surface area contributed by atoms with Gasteiger partial charge in [-0.25, -0.2) is 28.4 Å². The Kier molecular flexibility index (Phi) is 5.45. The van der Waals surface area contributed by atoms with E-state index >= 15 is 0 Å². The first kappa shape index (κ1) is 21.0. The highest BCUT2D eigenvalue weighted by molar-refractivity contribution is 5.67. The number of hydrogen-bond donors (Lipinski definition) is 0. The van der Waals surface area contributed by atoms with E-state index in [4.69, 9.17) is 4.74 Å². The smallest absolute Gasteiger partial charge is 0.180 e. The first-order chi connectivity index (χ1) is 16.0. The molecule has 0 aliphatic carbocycles. The van der Waals surface area contributed by atoms with Crippen molar-refractivity contribution in [2.24, 2.45) is 0 Å². The van der Waals surface area contributed by atoms with Gasteiger partial charge in [-0.05, 0) is 49.6 Å². The summed E-state index contributed by atoms with van der Waals surface area (Å²) in [6.07, 6.45) is 10.4. The Labute approximate surface area is 189 Å². The van der Waals surface area contributed by atoms with Crippen molar-refractivity contribution in [2.75, 3.05) is 7.11 Å². The van der Waals surface area contributed by atoms with E-state index in [1.54, 1.807) is 41.0 Å². The Balaban J connectivity index is 1.42. The number of fused-ring (bicyclic) bond motifs is 1. The van der Waals surface area contributed by atoms with Crippen LogP contribution in [0.15, 0.2) is 43.0 Å². The molecule has 0 fully saturated rings. The zero-order valence-corrected chi connectivity index (χ0v) is 18.2. The first-order valence-electron chi connectivity index (χ1n) is 10.6. The van der Waals surface area contributed by atoms with Crippen molar-refractivity contribution in [1.82, 2.24) is 29.3 Å². The molecular weight excluding hydrogens is 426 g/mol. The molecule has 9 heteroatoms. The lowest BCUT2D eigenvalue weighted by Crippen LogP contribution is -2.19. The van der Waals surface area contributed by atoms with Crippen LogP contribution < -0.4 is 4.74 Å². The lowest BCUT2D eigenvalue weighted by molar-refractivity contribution is 0.410. The third kappa shape index (κ3) is 4.02. The lowest BCUT2D eigenvalue weighted by Gasteiger charge is -2.22. The number of aryl methyl sites for hydroxylation is 2. The molecule has 7 nitrogen and oxygen atoms in total. The standard InChI is InChI=1S/C24H22F2N6O/c1-15-13-31(14-28-15)24-20(33-2)11-16(12-27-24)8-9-21-29-23-18(6-4-10-32(23)30-21)17-5-3-7-19(25)22(17)26/h3,5,7-9,11-14,18H,4,6,10H2,1-2H3. The number of halogens is 2. The van der Waals surface area contributed by atoms with E-state index in [2.05, 4.69) is 20.1 Å². The Morgan fingerprint density at radius 1 is 1.18 bits per heavy atom. The highest BCUT2D eigenvalue weighted by atomic mass is 19.2. The zero-order valence-electron chi connectivity index (χ0n) is 18.2. The molecule has 0 saturated heterocycles. The molecule has 5 rings (SSSR count). The molecule has 0 spiro atoms. The van der Waals surface area contributed by atoms with Gasteiger partial charge in [-0.15, -0.1) is 0 Å². The summed E-state index contributed by atoms with van der Waals surface area (Å²) in [7, 11) is 1.59. The minimum absolute atomic E-state index is 0.318. The Bertz CT molecular complexity index is 1340. The maximum absolute atomic E-state index is 14.4. The van der Waals surface area contributed by atoms with Gasteiger partial charge in [-0.1, -0.05) is 12.1 Å². The molecule has 1 unspecified atom stereocenters. The molecule has 1 aromatic carbocycles. The molecule has 1 aliphatic rings. The molecule has 0 bridgehead atoms. The molecule has 0 amide bonds. The van der Waals surface area contributed by atoms with Crippen LogP contribution in [0.1, 0.15) is 47.2 Å². The molecular formula is C24H22F2N6O. The summed E-state index contributed by atoms with van der Waals surface area (Å²) in [6.45, 7) is 2.60. The van der Waals surface area contributed by atoms with Crippen molar-refractivity contribution in [3.05, 3.63) is 83.1 Å². The number of hydrogen-bond acceptors (Lipinski definition) is 5. The van der Waals surface area contributed by atoms with Crippen molar-refractivity contribution in [2.45, 2.75) is 32.2 Å². The number of aromatic nitrogens is 6. The SMILES string of the molecule is COc1cc(C=Cc2nc3n(n2)CCCC3c2cccc(F)c2F)cnc1-n1cnc(C)c1. The Morgan fingerprint density at radius 3 is 2.85 bits per heavy atom. The van der Waals surface area contributed by atoms with E-state index in [9.17, 15) is 8.78 Å². The maximum atomic E-state index is 14.4. The van der Waals surface area contributed by atoms with Crippen LogP contribution in [0.2, 0.25) is 0 Å². The van der Waals surface area contributed by atoms with Gasteiger partial charge in [0.05, 0.1) is 12.8 Å². The van der Waals surface area contributed by atoms with Crippen molar-refractivity contribution in [3.8, 4) is 11.6 Å². The number of pyridine rings is 1. The molecule has 0 N–H and O–H groups in total. The number of imidazole rings is 1. The maximum Gasteiger partial charge on any atom is 0.180 e. The van der Waals surface area contributed by atoms with Crippen LogP contribution in [0.3, 0.4) is 0 Å². The Hall–Kier alpha value is -3.88. The third-order valence-corrected chi connectivity index (χ3v) is 5.70. The quantitative estimate of drug-likeness (QED) is 0.448. The topological polar surface area (TPSA) is 70.7 Å². The second-order valence-corrected chi connectivity index (χ2v) is 7.94. The summed E-state index contributed by atoms with van der Waals surface area (Å²) >= 11 is 0. The van der Waals surface area contributed by atoms with Gasteiger partial charge >= 0.3 is 0 Å². The van der Waals surface area contributed by atoms with Crippen molar-refractivity contribution in [3.63, 3.8) is 0 Å². The highest BCUT2D eigenvalue weighted by Gasteiger charge is 2.28. The van der Waals surface area contributed by atoms with E-state index in [0.717, 1.165) is 23.7 Å². The lowest BCUT2D eigenvalue weighted by atomic mass is 9.91. The fraction of sp³-hybridized carbons (Fsp3) is 0.250. The van der Waals surface area contributed by atoms with E-state index in [1.807, 2.05) is 25.3 Å². The zero-order chi connectivity index (χ0) is 22.9. The average molecular weight is 448 g/mol. The van der Waals surface area contributed by atoms with Crippen LogP contribution in [0.4, 0.5) is 8.78 Å². The van der Waals surface area contributed by atoms with Crippen LogP contribution in [0.25, 0.3) is 18.0 Å². The predicted molar refractivity (Wildman–Crippen MR) is 119 cm³/mol. The molecule has 1 atom stereocenters. The fourth-order valence-electron chi connectivity index (χ4n) is 4.12. The molecule has 4 aromatic rings. The van der Waals surface area contributed by atoms with Crippen LogP contribution in [0, 0.1) is 18.6 Å². The van der Waals surface area contributed by atoms with Gasteiger partial charge in [0.2, 0.25) is 0 Å². The van der Waals surface area contributed by atoms with Gasteiger partial charge in [0.15, 0.2) is 29.0 Å². The fourth-order valence-corrected chi connectivity index (χ4v) is 4.12. The first-order valence-corrected chi connectivity index (χ1v) is 10.6. The number of rotatable bonds is 5. The molecule has 3 aromatic heterocycles. The predicted octanol–water partition coefficient (Wildman–Crippen LogP) is 4.55. The van der Waals surface area contributed by atoms with Crippen LogP contribution in [0.5, 0.6) is 5.75 Å². The van der Waals surface area contributed by atoms with E-state index in [1.165, 1.54) is 6.07 Å². The summed E-state index contributed by atoms with van der Waals surface area (Å²) in [5, 5.41) is 4.54. The molecule has 0 saturated carbocycles. The van der Waals surface area contributed by atoms with Crippen LogP contribution in [-0.4, -0.2) is 36.4 Å². The summed E-state index contributed by atoms with van der Waals surface area (Å²) in [4.78, 5) is 13.3. The van der Waals surface area contributed by atoms with Crippen molar-refractivity contribution < 1.29 is 13.5 Å². The summed E-state index contributed by atoms with van der Waals surface area (Å²) in [5.41, 5.74) is 2.01. The second-order valence-electron chi connectivity index (χ2n) is 7.94. The average Bonchev–Trinajstić information content (AvgIpc) is 3.45. The van der Waals surface area contributed by atoms with Gasteiger partial charge in [0.25, 0.3) is 0 Å². The van der Waals surface area contributed by atoms with Crippen molar-refractivity contribution in [1.29, 1.82) is 0 Å². The third-order valence-electron chi connectivity index (χ3n) is 5.70. The summed E-state index contributed by atoms with van der Waals surface area (Å²) < 4.78 is 37.3. The van der Waals surface area contributed by atoms with Gasteiger partial charge in [0, 0.05) is 30.4 Å². The second kappa shape index (κ2) is 8.57. The molecule has 33 heavy (non-hydrogen) atoms. The normalized spacial score (nSPS) is 15.7. The highest BCUT2D eigenvalue weighted by Crippen LogP contribution is 2.34. The number of methoxy groups -OCH3 is 1. The molecule has 4 heterocycles. The van der Waals surface area contributed by atoms with Gasteiger partial charge < -0.3 is 4.74 Å². The van der Waals surface area contributed by atoms with Gasteiger partial charge in [-0.2, -0.15) is 5.10 Å². The van der Waals surface area contributed by atoms with Gasteiger partial charge in [0.1, 0.15) is 12.2 Å². The molecule has 168 valence electrons. The summed E-state index contributed by atoms with van der Waals surface area (Å²) in [5.74, 6) is 0.402. The monoisotopic (exact) mass is 448 g/mol. The van der Waals surface area contributed by atoms with Crippen molar-refractivity contribution >= 4 is 12.2 Å². The number of benzene rings is 1. The summed E-state index contributed by atoms with van der Waals surface area (Å²) in [6, 6.07) is 6.14. The molecule has 1 aliphatic heterocycles. The minimum atomic E-state index is -0.847. The van der Waals surface area contributed by atoms with Gasteiger partial charge in [-0.3, -0.25) is 4.57 Å². The number of nitrogens with zero attached hydrogens (tertiary/aromatic N) is 6. The number of ether oxygens (including phenoxy) is 1. The van der Waals surface area contributed by atoms with Crippen LogP contribution >= 0.6 is 0 Å². The molecule has 0 radical (unpaired) electrons. The van der Waals surface area contributed by atoms with E-state index in [0.29, 0.717) is 41.7 Å².